The van der Waals surface area contributed by atoms with Crippen LogP contribution in [-0.2, 0) is 0 Å². The van der Waals surface area contributed by atoms with E-state index < -0.39 is 0 Å². The monoisotopic (exact) mass is 273 g/mol. The predicted octanol–water partition coefficient (Wildman–Crippen LogP) is 1.52. The van der Waals surface area contributed by atoms with E-state index in [9.17, 15) is 4.39 Å². The number of pyridine rings is 2. The fraction of sp³-hybridized carbons (Fsp3) is 0.286. The lowest BCUT2D eigenvalue weighted by atomic mass is 10.2. The number of nitrogen functional groups attached to an aromatic ring is 1. The lowest BCUT2D eigenvalue weighted by Crippen LogP contribution is -2.47. The fourth-order valence-corrected chi connectivity index (χ4v) is 2.42. The highest BCUT2D eigenvalue weighted by molar-refractivity contribution is 5.66. The highest BCUT2D eigenvalue weighted by atomic mass is 19.1. The molecule has 1 aliphatic rings. The molecule has 0 aromatic carbocycles. The molecular formula is C14H16FN5. The molecule has 0 unspecified atom stereocenters. The molecule has 1 saturated heterocycles. The molecule has 3 heterocycles. The standard InChI is InChI=1S/C14H16FN5/c15-11-1-2-14(18-9-11)20-7-5-19(6-8-20)13-3-4-17-10-12(13)16/h1-4,9-10H,5-8,16H2. The first-order chi connectivity index (χ1) is 9.74. The van der Waals surface area contributed by atoms with E-state index in [-0.39, 0.29) is 5.82 Å². The van der Waals surface area contributed by atoms with Crippen LogP contribution in [0.4, 0.5) is 21.6 Å². The Morgan fingerprint density at radius 1 is 1.00 bits per heavy atom. The minimum absolute atomic E-state index is 0.308. The maximum absolute atomic E-state index is 12.9. The zero-order valence-corrected chi connectivity index (χ0v) is 11.0. The van der Waals surface area contributed by atoms with Crippen molar-refractivity contribution in [3.63, 3.8) is 0 Å². The summed E-state index contributed by atoms with van der Waals surface area (Å²) in [6.07, 6.45) is 4.67. The summed E-state index contributed by atoms with van der Waals surface area (Å²) >= 11 is 0. The number of nitrogens with zero attached hydrogens (tertiary/aromatic N) is 4. The third kappa shape index (κ3) is 2.49. The molecule has 20 heavy (non-hydrogen) atoms. The highest BCUT2D eigenvalue weighted by Crippen LogP contribution is 2.23. The Labute approximate surface area is 116 Å². The maximum Gasteiger partial charge on any atom is 0.141 e. The van der Waals surface area contributed by atoms with Crippen LogP contribution in [-0.4, -0.2) is 36.1 Å². The van der Waals surface area contributed by atoms with Crippen LogP contribution >= 0.6 is 0 Å². The molecule has 1 aliphatic heterocycles. The van der Waals surface area contributed by atoms with Gasteiger partial charge in [-0.15, -0.1) is 0 Å². The second kappa shape index (κ2) is 5.32. The van der Waals surface area contributed by atoms with E-state index in [0.29, 0.717) is 5.69 Å². The Hall–Kier alpha value is -2.37. The second-order valence-corrected chi connectivity index (χ2v) is 4.74. The Balaban J connectivity index is 1.68. The zero-order chi connectivity index (χ0) is 13.9. The highest BCUT2D eigenvalue weighted by Gasteiger charge is 2.19. The third-order valence-corrected chi connectivity index (χ3v) is 3.48. The average Bonchev–Trinajstić information content (AvgIpc) is 2.49. The first-order valence-electron chi connectivity index (χ1n) is 6.55. The van der Waals surface area contributed by atoms with E-state index >= 15 is 0 Å². The van der Waals surface area contributed by atoms with Crippen molar-refractivity contribution >= 4 is 17.2 Å². The van der Waals surface area contributed by atoms with Crippen LogP contribution in [0.1, 0.15) is 0 Å². The lowest BCUT2D eigenvalue weighted by molar-refractivity contribution is 0.615. The van der Waals surface area contributed by atoms with Crippen molar-refractivity contribution in [2.24, 2.45) is 0 Å². The number of nitrogens with two attached hydrogens (primary N) is 1. The summed E-state index contributed by atoms with van der Waals surface area (Å²) in [5.74, 6) is 0.505. The maximum atomic E-state index is 12.9. The first kappa shape index (κ1) is 12.7. The number of aromatic nitrogens is 2. The molecular weight excluding hydrogens is 257 g/mol. The van der Waals surface area contributed by atoms with Gasteiger partial charge in [0.1, 0.15) is 11.6 Å². The van der Waals surface area contributed by atoms with Gasteiger partial charge in [-0.1, -0.05) is 0 Å². The van der Waals surface area contributed by atoms with Crippen molar-refractivity contribution in [3.8, 4) is 0 Å². The predicted molar refractivity (Wildman–Crippen MR) is 77.3 cm³/mol. The van der Waals surface area contributed by atoms with Crippen LogP contribution in [0.25, 0.3) is 0 Å². The van der Waals surface area contributed by atoms with E-state index in [2.05, 4.69) is 19.8 Å². The summed E-state index contributed by atoms with van der Waals surface area (Å²) < 4.78 is 12.9. The van der Waals surface area contributed by atoms with Crippen LogP contribution in [0, 0.1) is 5.82 Å². The van der Waals surface area contributed by atoms with Crippen molar-refractivity contribution in [2.75, 3.05) is 41.7 Å². The van der Waals surface area contributed by atoms with Gasteiger partial charge in [-0.2, -0.15) is 0 Å². The van der Waals surface area contributed by atoms with Gasteiger partial charge in [0.25, 0.3) is 0 Å². The summed E-state index contributed by atoms with van der Waals surface area (Å²) in [5.41, 5.74) is 7.66. The molecule has 0 saturated carbocycles. The average molecular weight is 273 g/mol. The third-order valence-electron chi connectivity index (χ3n) is 3.48. The summed E-state index contributed by atoms with van der Waals surface area (Å²) in [6.45, 7) is 3.38. The van der Waals surface area contributed by atoms with Gasteiger partial charge in [0.2, 0.25) is 0 Å². The summed E-state index contributed by atoms with van der Waals surface area (Å²) in [4.78, 5) is 12.5. The topological polar surface area (TPSA) is 58.3 Å². The number of hydrogen-bond acceptors (Lipinski definition) is 5. The number of piperazine rings is 1. The van der Waals surface area contributed by atoms with E-state index in [4.69, 9.17) is 5.73 Å². The molecule has 6 heteroatoms. The summed E-state index contributed by atoms with van der Waals surface area (Å²) in [7, 11) is 0. The smallest absolute Gasteiger partial charge is 0.141 e. The van der Waals surface area contributed by atoms with Crippen LogP contribution in [0.15, 0.2) is 36.8 Å². The molecule has 0 radical (unpaired) electrons. The van der Waals surface area contributed by atoms with E-state index in [0.717, 1.165) is 37.7 Å². The van der Waals surface area contributed by atoms with Crippen LogP contribution in [0.5, 0.6) is 0 Å². The van der Waals surface area contributed by atoms with Crippen LogP contribution < -0.4 is 15.5 Å². The first-order valence-corrected chi connectivity index (χ1v) is 6.55. The molecule has 0 spiro atoms. The molecule has 1 fully saturated rings. The summed E-state index contributed by atoms with van der Waals surface area (Å²) in [5, 5.41) is 0. The fourth-order valence-electron chi connectivity index (χ4n) is 2.42. The number of hydrogen-bond donors (Lipinski definition) is 1. The number of rotatable bonds is 2. The zero-order valence-electron chi connectivity index (χ0n) is 11.0. The molecule has 2 N–H and O–H groups in total. The molecule has 0 amide bonds. The van der Waals surface area contributed by atoms with Crippen molar-refractivity contribution < 1.29 is 4.39 Å². The van der Waals surface area contributed by atoms with Gasteiger partial charge in [0.15, 0.2) is 0 Å². The van der Waals surface area contributed by atoms with E-state index in [1.165, 1.54) is 12.3 Å². The van der Waals surface area contributed by atoms with Crippen molar-refractivity contribution in [2.45, 2.75) is 0 Å². The Kier molecular flexibility index (Phi) is 3.37. The van der Waals surface area contributed by atoms with Crippen LogP contribution in [0.2, 0.25) is 0 Å². The van der Waals surface area contributed by atoms with Gasteiger partial charge >= 0.3 is 0 Å². The van der Waals surface area contributed by atoms with Gasteiger partial charge in [-0.05, 0) is 18.2 Å². The van der Waals surface area contributed by atoms with E-state index in [1.54, 1.807) is 18.5 Å². The SMILES string of the molecule is Nc1cnccc1N1CCN(c2ccc(F)cn2)CC1. The second-order valence-electron chi connectivity index (χ2n) is 4.74. The van der Waals surface area contributed by atoms with Gasteiger partial charge < -0.3 is 15.5 Å². The molecule has 2 aromatic heterocycles. The van der Waals surface area contributed by atoms with Crippen molar-refractivity contribution in [3.05, 3.63) is 42.6 Å². The molecule has 0 bridgehead atoms. The van der Waals surface area contributed by atoms with Crippen LogP contribution in [0.3, 0.4) is 0 Å². The van der Waals surface area contributed by atoms with E-state index in [1.807, 2.05) is 6.07 Å². The van der Waals surface area contributed by atoms with Crippen molar-refractivity contribution in [1.82, 2.24) is 9.97 Å². The Morgan fingerprint density at radius 2 is 1.75 bits per heavy atom. The van der Waals surface area contributed by atoms with Gasteiger partial charge in [-0.25, -0.2) is 9.37 Å². The molecule has 0 aliphatic carbocycles. The lowest BCUT2D eigenvalue weighted by Gasteiger charge is -2.37. The largest absolute Gasteiger partial charge is 0.396 e. The Morgan fingerprint density at radius 3 is 2.40 bits per heavy atom. The quantitative estimate of drug-likeness (QED) is 0.899. The van der Waals surface area contributed by atoms with Gasteiger partial charge in [-0.3, -0.25) is 4.98 Å². The number of anilines is 3. The molecule has 2 aromatic rings. The summed E-state index contributed by atoms with van der Waals surface area (Å²) in [6, 6.07) is 5.09. The Bertz CT molecular complexity index is 578. The molecule has 3 rings (SSSR count). The minimum atomic E-state index is -0.308. The van der Waals surface area contributed by atoms with Gasteiger partial charge in [0, 0.05) is 32.4 Å². The van der Waals surface area contributed by atoms with Crippen molar-refractivity contribution in [1.29, 1.82) is 0 Å². The van der Waals surface area contributed by atoms with Gasteiger partial charge in [0.05, 0.1) is 23.8 Å². The molecule has 0 atom stereocenters. The number of halogens is 1. The molecule has 5 nitrogen and oxygen atoms in total. The minimum Gasteiger partial charge on any atom is -0.396 e. The normalized spacial score (nSPS) is 15.4. The molecule has 104 valence electrons.